The molecule has 0 aromatic carbocycles. The molecule has 0 radical (unpaired) electrons. The fourth-order valence-electron chi connectivity index (χ4n) is 4.58. The summed E-state index contributed by atoms with van der Waals surface area (Å²) in [6.45, 7) is 8.37. The van der Waals surface area contributed by atoms with Crippen LogP contribution in [0.2, 0.25) is 0 Å². The second kappa shape index (κ2) is 9.87. The van der Waals surface area contributed by atoms with Gasteiger partial charge in [-0.15, -0.1) is 0 Å². The number of rotatable bonds is 4. The largest absolute Gasteiger partial charge is 0.378 e. The molecule has 4 aliphatic rings. The number of fused-ring (bicyclic) bond motifs is 2. The van der Waals surface area contributed by atoms with Gasteiger partial charge in [-0.1, -0.05) is 25.8 Å². The predicted octanol–water partition coefficient (Wildman–Crippen LogP) is 3.40. The molecule has 8 nitrogen and oxygen atoms in total. The Balaban J connectivity index is 0.000000577. The highest BCUT2D eigenvalue weighted by atomic mass is 16.5. The van der Waals surface area contributed by atoms with Crippen LogP contribution < -0.4 is 11.0 Å². The van der Waals surface area contributed by atoms with E-state index in [-0.39, 0.29) is 17.8 Å². The molecule has 2 aromatic heterocycles. The first kappa shape index (κ1) is 23.6. The summed E-state index contributed by atoms with van der Waals surface area (Å²) < 4.78 is 6.65. The van der Waals surface area contributed by atoms with Gasteiger partial charge in [0.1, 0.15) is 6.17 Å². The standard InChI is InChI=1S/C23H26N6O2.C4H8/c1-14-6-21-26-19(13-31-3)9-22(30)29(21)27-23(14)28-5-4-20-18(12-28)8-17(11-25-20)16-7-15(2)24-10-16;1-4-2-3-4/h6-11,15,23,27H,4-5,12-13H2,1-3H3;4H,2-3H2,1H3. The average molecular weight is 475 g/mol. The fraction of sp³-hybridized carbons (Fsp3) is 0.481. The third kappa shape index (κ3) is 5.28. The summed E-state index contributed by atoms with van der Waals surface area (Å²) in [7, 11) is 1.60. The molecule has 35 heavy (non-hydrogen) atoms. The number of hydrogen-bond acceptors (Lipinski definition) is 7. The third-order valence-electron chi connectivity index (χ3n) is 6.83. The SMILES string of the molecule is CC1CC1.COCc1cc(=O)n2c(n1)C=C(C)C(N1CCc3ncc(C4=CC(C)N=C4)cc3C1)N2. The summed E-state index contributed by atoms with van der Waals surface area (Å²) >= 11 is 0. The minimum absolute atomic E-state index is 0.0793. The second-order valence-corrected chi connectivity index (χ2v) is 10.0. The van der Waals surface area contributed by atoms with E-state index in [2.05, 4.69) is 53.2 Å². The minimum Gasteiger partial charge on any atom is -0.378 e. The molecule has 0 saturated heterocycles. The summed E-state index contributed by atoms with van der Waals surface area (Å²) in [5, 5.41) is 0. The molecule has 3 aliphatic heterocycles. The number of methoxy groups -OCH3 is 1. The lowest BCUT2D eigenvalue weighted by Crippen LogP contribution is -2.51. The van der Waals surface area contributed by atoms with Gasteiger partial charge in [-0.3, -0.25) is 25.1 Å². The molecule has 2 atom stereocenters. The van der Waals surface area contributed by atoms with Gasteiger partial charge in [0.2, 0.25) is 0 Å². The van der Waals surface area contributed by atoms with Gasteiger partial charge in [-0.2, -0.15) is 0 Å². The van der Waals surface area contributed by atoms with Gasteiger partial charge in [0.25, 0.3) is 5.56 Å². The zero-order chi connectivity index (χ0) is 24.5. The molecule has 2 aromatic rings. The molecular formula is C27H34N6O2. The molecule has 5 heterocycles. The Labute approximate surface area is 206 Å². The Hall–Kier alpha value is -3.10. The number of allylic oxidation sites excluding steroid dienone is 1. The van der Waals surface area contributed by atoms with Crippen LogP contribution in [0, 0.1) is 5.92 Å². The molecule has 1 saturated carbocycles. The lowest BCUT2D eigenvalue weighted by molar-refractivity contribution is 0.180. The van der Waals surface area contributed by atoms with Crippen LogP contribution in [0.15, 0.2) is 39.8 Å². The van der Waals surface area contributed by atoms with E-state index in [4.69, 9.17) is 9.72 Å². The maximum atomic E-state index is 12.6. The first-order chi connectivity index (χ1) is 16.9. The first-order valence-electron chi connectivity index (χ1n) is 12.4. The maximum absolute atomic E-state index is 12.6. The van der Waals surface area contributed by atoms with Crippen LogP contribution in [-0.4, -0.2) is 51.6 Å². The first-order valence-corrected chi connectivity index (χ1v) is 12.4. The maximum Gasteiger partial charge on any atom is 0.272 e. The lowest BCUT2D eigenvalue weighted by Gasteiger charge is -2.38. The van der Waals surface area contributed by atoms with Crippen molar-refractivity contribution < 1.29 is 4.74 Å². The van der Waals surface area contributed by atoms with Gasteiger partial charge in [0, 0.05) is 56.4 Å². The van der Waals surface area contributed by atoms with Gasteiger partial charge in [0.15, 0.2) is 5.82 Å². The van der Waals surface area contributed by atoms with Crippen molar-refractivity contribution in [1.29, 1.82) is 0 Å². The van der Waals surface area contributed by atoms with Crippen LogP contribution in [0.4, 0.5) is 0 Å². The van der Waals surface area contributed by atoms with Gasteiger partial charge >= 0.3 is 0 Å². The van der Waals surface area contributed by atoms with Gasteiger partial charge in [0.05, 0.1) is 18.3 Å². The van der Waals surface area contributed by atoms with Crippen LogP contribution in [0.3, 0.4) is 0 Å². The summed E-state index contributed by atoms with van der Waals surface area (Å²) in [5.74, 6) is 1.69. The second-order valence-electron chi connectivity index (χ2n) is 10.0. The number of pyridine rings is 1. The summed E-state index contributed by atoms with van der Waals surface area (Å²) in [4.78, 5) is 28.7. The van der Waals surface area contributed by atoms with Crippen LogP contribution in [0.1, 0.15) is 62.0 Å². The van der Waals surface area contributed by atoms with Crippen LogP contribution in [0.5, 0.6) is 0 Å². The van der Waals surface area contributed by atoms with Crippen molar-refractivity contribution in [3.8, 4) is 0 Å². The molecule has 184 valence electrons. The lowest BCUT2D eigenvalue weighted by atomic mass is 9.99. The molecular weight excluding hydrogens is 440 g/mol. The van der Waals surface area contributed by atoms with Crippen molar-refractivity contribution in [3.63, 3.8) is 0 Å². The van der Waals surface area contributed by atoms with Gasteiger partial charge in [-0.25, -0.2) is 9.66 Å². The molecule has 6 rings (SSSR count). The van der Waals surface area contributed by atoms with E-state index in [0.29, 0.717) is 18.1 Å². The predicted molar refractivity (Wildman–Crippen MR) is 139 cm³/mol. The van der Waals surface area contributed by atoms with E-state index in [1.54, 1.807) is 7.11 Å². The highest BCUT2D eigenvalue weighted by molar-refractivity contribution is 6.11. The third-order valence-corrected chi connectivity index (χ3v) is 6.83. The number of ether oxygens (including phenoxy) is 1. The van der Waals surface area contributed by atoms with E-state index >= 15 is 0 Å². The van der Waals surface area contributed by atoms with E-state index in [1.807, 2.05) is 18.5 Å². The van der Waals surface area contributed by atoms with E-state index in [0.717, 1.165) is 47.8 Å². The Morgan fingerprint density at radius 2 is 2.03 bits per heavy atom. The molecule has 0 spiro atoms. The molecule has 1 N–H and O–H groups in total. The Morgan fingerprint density at radius 3 is 2.71 bits per heavy atom. The van der Waals surface area contributed by atoms with Crippen molar-refractivity contribution in [2.24, 2.45) is 10.9 Å². The summed E-state index contributed by atoms with van der Waals surface area (Å²) in [5.41, 5.74) is 9.59. The van der Waals surface area contributed by atoms with Crippen molar-refractivity contribution in [2.75, 3.05) is 19.1 Å². The Kier molecular flexibility index (Phi) is 6.67. The number of aromatic nitrogens is 3. The fourth-order valence-corrected chi connectivity index (χ4v) is 4.58. The van der Waals surface area contributed by atoms with Crippen molar-refractivity contribution in [3.05, 3.63) is 68.7 Å². The van der Waals surface area contributed by atoms with E-state index in [9.17, 15) is 4.79 Å². The number of aliphatic imine (C=N–C) groups is 1. The van der Waals surface area contributed by atoms with E-state index < -0.39 is 0 Å². The number of nitrogens with zero attached hydrogens (tertiary/aromatic N) is 5. The highest BCUT2D eigenvalue weighted by Gasteiger charge is 2.29. The molecule has 2 unspecified atom stereocenters. The van der Waals surface area contributed by atoms with Crippen molar-refractivity contribution >= 4 is 17.9 Å². The Bertz CT molecular complexity index is 1260. The van der Waals surface area contributed by atoms with Crippen LogP contribution in [0.25, 0.3) is 11.6 Å². The molecule has 8 heteroatoms. The topological polar surface area (TPSA) is 84.6 Å². The van der Waals surface area contributed by atoms with Gasteiger partial charge < -0.3 is 4.74 Å². The van der Waals surface area contributed by atoms with Crippen molar-refractivity contribution in [2.45, 2.75) is 65.4 Å². The van der Waals surface area contributed by atoms with Crippen LogP contribution in [-0.2, 0) is 24.3 Å². The highest BCUT2D eigenvalue weighted by Crippen LogP contribution is 2.27. The smallest absolute Gasteiger partial charge is 0.272 e. The summed E-state index contributed by atoms with van der Waals surface area (Å²) in [6, 6.07) is 3.97. The van der Waals surface area contributed by atoms with Crippen molar-refractivity contribution in [1.82, 2.24) is 19.5 Å². The quantitative estimate of drug-likeness (QED) is 0.731. The molecule has 1 fully saturated rings. The molecule has 0 bridgehead atoms. The number of nitrogens with one attached hydrogen (secondary N) is 1. The zero-order valence-electron chi connectivity index (χ0n) is 21.0. The summed E-state index contributed by atoms with van der Waals surface area (Å²) in [6.07, 6.45) is 11.8. The molecule has 0 amide bonds. The zero-order valence-corrected chi connectivity index (χ0v) is 21.0. The monoisotopic (exact) mass is 474 g/mol. The van der Waals surface area contributed by atoms with E-state index in [1.165, 1.54) is 29.1 Å². The Morgan fingerprint density at radius 1 is 1.23 bits per heavy atom. The minimum atomic E-state index is -0.131. The molecule has 1 aliphatic carbocycles. The normalized spacial score (nSPS) is 22.9. The van der Waals surface area contributed by atoms with Gasteiger partial charge in [-0.05, 0) is 48.6 Å². The average Bonchev–Trinajstić information content (AvgIpc) is 3.50. The van der Waals surface area contributed by atoms with Crippen LogP contribution >= 0.6 is 0 Å². The number of hydrogen-bond donors (Lipinski definition) is 1.